The number of carbonyl (C=O) groups excluding carboxylic acids is 2. The number of halogens is 1. The molecule has 0 aliphatic rings. The summed E-state index contributed by atoms with van der Waals surface area (Å²) in [5, 5.41) is 0. The molecule has 0 unspecified atom stereocenters. The van der Waals surface area contributed by atoms with E-state index in [4.69, 9.17) is 0 Å². The number of thiophene rings is 1. The van der Waals surface area contributed by atoms with Crippen LogP contribution in [0.1, 0.15) is 25.6 Å². The maximum atomic E-state index is 10.9. The van der Waals surface area contributed by atoms with Gasteiger partial charge in [-0.05, 0) is 40.5 Å². The Balaban J connectivity index is 2.53. The molecular formula is C13H9BrO2S. The zero-order valence-electron chi connectivity index (χ0n) is 9.07. The standard InChI is InChI=1S/C13H9BrO2S/c1-8-12(14)5-13(17-8)9-2-3-10(6-15)11(4-9)7-16/h2-7H,1H3. The largest absolute Gasteiger partial charge is 0.298 e. The van der Waals surface area contributed by atoms with Crippen LogP contribution in [0.25, 0.3) is 10.4 Å². The van der Waals surface area contributed by atoms with E-state index in [9.17, 15) is 9.59 Å². The van der Waals surface area contributed by atoms with Crippen LogP contribution in [0.15, 0.2) is 28.7 Å². The minimum atomic E-state index is 0.427. The summed E-state index contributed by atoms with van der Waals surface area (Å²) in [6.45, 7) is 2.03. The first-order valence-corrected chi connectivity index (χ1v) is 6.57. The van der Waals surface area contributed by atoms with E-state index in [-0.39, 0.29) is 0 Å². The number of carbonyl (C=O) groups is 2. The predicted molar refractivity (Wildman–Crippen MR) is 73.0 cm³/mol. The van der Waals surface area contributed by atoms with Crippen molar-refractivity contribution in [3.63, 3.8) is 0 Å². The predicted octanol–water partition coefficient (Wildman–Crippen LogP) is 4.11. The van der Waals surface area contributed by atoms with Gasteiger partial charge in [0.2, 0.25) is 0 Å². The maximum Gasteiger partial charge on any atom is 0.150 e. The third-order valence-electron chi connectivity index (χ3n) is 2.48. The Bertz CT molecular complexity index is 568. The highest BCUT2D eigenvalue weighted by atomic mass is 79.9. The molecule has 0 spiro atoms. The summed E-state index contributed by atoms with van der Waals surface area (Å²) >= 11 is 5.11. The minimum Gasteiger partial charge on any atom is -0.298 e. The van der Waals surface area contributed by atoms with Crippen molar-refractivity contribution in [2.45, 2.75) is 6.92 Å². The second-order valence-corrected chi connectivity index (χ2v) is 5.70. The van der Waals surface area contributed by atoms with Gasteiger partial charge in [0.25, 0.3) is 0 Å². The van der Waals surface area contributed by atoms with Crippen molar-refractivity contribution in [2.24, 2.45) is 0 Å². The van der Waals surface area contributed by atoms with Crippen molar-refractivity contribution in [3.05, 3.63) is 44.7 Å². The number of benzene rings is 1. The Morgan fingerprint density at radius 1 is 1.12 bits per heavy atom. The summed E-state index contributed by atoms with van der Waals surface area (Å²) in [7, 11) is 0. The quantitative estimate of drug-likeness (QED) is 0.800. The van der Waals surface area contributed by atoms with Crippen LogP contribution in [0.5, 0.6) is 0 Å². The lowest BCUT2D eigenvalue weighted by Crippen LogP contribution is -1.90. The molecule has 1 heterocycles. The molecule has 0 atom stereocenters. The molecule has 17 heavy (non-hydrogen) atoms. The van der Waals surface area contributed by atoms with Crippen molar-refractivity contribution in [1.82, 2.24) is 0 Å². The summed E-state index contributed by atoms with van der Waals surface area (Å²) in [4.78, 5) is 23.9. The zero-order chi connectivity index (χ0) is 12.4. The van der Waals surface area contributed by atoms with Gasteiger partial charge in [-0.3, -0.25) is 9.59 Å². The summed E-state index contributed by atoms with van der Waals surface area (Å²) in [6.07, 6.45) is 1.41. The first-order valence-electron chi connectivity index (χ1n) is 4.96. The molecule has 2 aromatic rings. The number of rotatable bonds is 3. The second kappa shape index (κ2) is 4.94. The van der Waals surface area contributed by atoms with E-state index in [1.807, 2.05) is 19.1 Å². The van der Waals surface area contributed by atoms with Crippen molar-refractivity contribution in [1.29, 1.82) is 0 Å². The van der Waals surface area contributed by atoms with E-state index in [0.717, 1.165) is 14.9 Å². The molecule has 2 nitrogen and oxygen atoms in total. The average molecular weight is 309 g/mol. The van der Waals surface area contributed by atoms with Gasteiger partial charge < -0.3 is 0 Å². The molecule has 86 valence electrons. The Labute approximate surface area is 111 Å². The van der Waals surface area contributed by atoms with Gasteiger partial charge in [0, 0.05) is 25.4 Å². The van der Waals surface area contributed by atoms with E-state index in [1.54, 1.807) is 23.5 Å². The third kappa shape index (κ3) is 2.37. The van der Waals surface area contributed by atoms with Gasteiger partial charge >= 0.3 is 0 Å². The topological polar surface area (TPSA) is 34.1 Å². The molecule has 0 amide bonds. The van der Waals surface area contributed by atoms with Gasteiger partial charge in [-0.25, -0.2) is 0 Å². The van der Waals surface area contributed by atoms with E-state index < -0.39 is 0 Å². The van der Waals surface area contributed by atoms with Crippen LogP contribution in [0.3, 0.4) is 0 Å². The van der Waals surface area contributed by atoms with Gasteiger partial charge in [-0.2, -0.15) is 0 Å². The smallest absolute Gasteiger partial charge is 0.150 e. The van der Waals surface area contributed by atoms with Crippen LogP contribution in [0, 0.1) is 6.92 Å². The lowest BCUT2D eigenvalue weighted by molar-refractivity contribution is 0.109. The van der Waals surface area contributed by atoms with Gasteiger partial charge in [0.05, 0.1) is 0 Å². The summed E-state index contributed by atoms with van der Waals surface area (Å²) in [5.74, 6) is 0. The molecule has 2 rings (SSSR count). The number of hydrogen-bond acceptors (Lipinski definition) is 3. The fourth-order valence-corrected chi connectivity index (χ4v) is 3.07. The molecule has 0 radical (unpaired) electrons. The monoisotopic (exact) mass is 308 g/mol. The van der Waals surface area contributed by atoms with Crippen molar-refractivity contribution < 1.29 is 9.59 Å². The normalized spacial score (nSPS) is 10.2. The van der Waals surface area contributed by atoms with Crippen LogP contribution >= 0.6 is 27.3 Å². The average Bonchev–Trinajstić information content (AvgIpc) is 2.68. The van der Waals surface area contributed by atoms with Crippen molar-refractivity contribution in [2.75, 3.05) is 0 Å². The fourth-order valence-electron chi connectivity index (χ4n) is 1.54. The maximum absolute atomic E-state index is 10.9. The Morgan fingerprint density at radius 2 is 1.82 bits per heavy atom. The van der Waals surface area contributed by atoms with Crippen molar-refractivity contribution in [3.8, 4) is 10.4 Å². The highest BCUT2D eigenvalue weighted by Gasteiger charge is 2.08. The molecule has 4 heteroatoms. The van der Waals surface area contributed by atoms with E-state index in [0.29, 0.717) is 23.7 Å². The summed E-state index contributed by atoms with van der Waals surface area (Å²) in [5.41, 5.74) is 1.81. The first-order chi connectivity index (χ1) is 8.15. The molecule has 1 aromatic carbocycles. The van der Waals surface area contributed by atoms with Gasteiger partial charge in [-0.15, -0.1) is 11.3 Å². The van der Waals surface area contributed by atoms with Gasteiger partial charge in [0.15, 0.2) is 12.6 Å². The molecule has 0 saturated carbocycles. The highest BCUT2D eigenvalue weighted by molar-refractivity contribution is 9.10. The Hall–Kier alpha value is -1.26. The minimum absolute atomic E-state index is 0.427. The zero-order valence-corrected chi connectivity index (χ0v) is 11.5. The third-order valence-corrected chi connectivity index (χ3v) is 4.67. The summed E-state index contributed by atoms with van der Waals surface area (Å²) in [6, 6.07) is 7.29. The van der Waals surface area contributed by atoms with Crippen molar-refractivity contribution >= 4 is 39.8 Å². The van der Waals surface area contributed by atoms with E-state index in [1.165, 1.54) is 4.88 Å². The summed E-state index contributed by atoms with van der Waals surface area (Å²) < 4.78 is 1.06. The van der Waals surface area contributed by atoms with Crippen LogP contribution in [0.2, 0.25) is 0 Å². The molecule has 0 N–H and O–H groups in total. The van der Waals surface area contributed by atoms with Crippen LogP contribution in [-0.2, 0) is 0 Å². The second-order valence-electron chi connectivity index (χ2n) is 3.59. The SMILES string of the molecule is Cc1sc(-c2ccc(C=O)c(C=O)c2)cc1Br. The number of hydrogen-bond donors (Lipinski definition) is 0. The lowest BCUT2D eigenvalue weighted by Gasteiger charge is -2.01. The first kappa shape index (κ1) is 12.2. The van der Waals surface area contributed by atoms with Crippen LogP contribution in [0.4, 0.5) is 0 Å². The molecule has 0 saturated heterocycles. The molecule has 0 bridgehead atoms. The van der Waals surface area contributed by atoms with E-state index >= 15 is 0 Å². The Morgan fingerprint density at radius 3 is 2.35 bits per heavy atom. The number of aldehydes is 2. The molecule has 1 aromatic heterocycles. The fraction of sp³-hybridized carbons (Fsp3) is 0.0769. The highest BCUT2D eigenvalue weighted by Crippen LogP contribution is 2.34. The van der Waals surface area contributed by atoms with Gasteiger partial charge in [0.1, 0.15) is 0 Å². The lowest BCUT2D eigenvalue weighted by atomic mass is 10.0. The molecule has 0 aliphatic heterocycles. The van der Waals surface area contributed by atoms with Gasteiger partial charge in [-0.1, -0.05) is 12.1 Å². The van der Waals surface area contributed by atoms with E-state index in [2.05, 4.69) is 15.9 Å². The molecule has 0 aliphatic carbocycles. The molecular weight excluding hydrogens is 300 g/mol. The molecule has 0 fully saturated rings. The Kier molecular flexibility index (Phi) is 3.54. The number of aryl methyl sites for hydroxylation is 1. The van der Waals surface area contributed by atoms with Crippen LogP contribution in [-0.4, -0.2) is 12.6 Å². The van der Waals surface area contributed by atoms with Crippen LogP contribution < -0.4 is 0 Å².